The smallest absolute Gasteiger partial charge is 0.243 e. The lowest BCUT2D eigenvalue weighted by atomic mass is 9.36. The summed E-state index contributed by atoms with van der Waals surface area (Å²) in [7, 11) is 3.38. The Morgan fingerprint density at radius 2 is 1.09 bits per heavy atom. The average Bonchev–Trinajstić information content (AvgIpc) is 3.12. The van der Waals surface area contributed by atoms with E-state index in [-0.39, 0.29) is 0 Å². The summed E-state index contributed by atoms with van der Waals surface area (Å²) < 4.78 is 0. The van der Waals surface area contributed by atoms with Crippen LogP contribution in [0, 0.1) is 0 Å². The highest BCUT2D eigenvalue weighted by molar-refractivity contribution is 6.99. The maximum Gasteiger partial charge on any atom is 0.243 e. The number of carbonyl (C=O) groups is 1. The van der Waals surface area contributed by atoms with Gasteiger partial charge in [0.05, 0.1) is 0 Å². The second-order valence-corrected chi connectivity index (χ2v) is 10.3. The van der Waals surface area contributed by atoms with Crippen LogP contribution in [-0.2, 0) is 4.79 Å². The molecule has 0 N–H and O–H groups in total. The molecule has 0 aliphatic carbocycles. The Bertz CT molecular complexity index is 1040. The van der Waals surface area contributed by atoms with Gasteiger partial charge in [0.15, 0.2) is 0 Å². The third-order valence-electron chi connectivity index (χ3n) is 6.51. The Kier molecular flexibility index (Phi) is 7.84. The fourth-order valence-electron chi connectivity index (χ4n) is 4.81. The van der Waals surface area contributed by atoms with Crippen molar-refractivity contribution in [3.05, 3.63) is 77.4 Å². The van der Waals surface area contributed by atoms with Crippen molar-refractivity contribution in [2.45, 2.75) is 59.3 Å². The van der Waals surface area contributed by atoms with Gasteiger partial charge < -0.3 is 4.90 Å². The number of carbonyl (C=O) groups excluding carboxylic acids is 1. The Morgan fingerprint density at radius 3 is 1.42 bits per heavy atom. The van der Waals surface area contributed by atoms with Crippen molar-refractivity contribution in [1.29, 1.82) is 0 Å². The molecule has 0 saturated heterocycles. The summed E-state index contributed by atoms with van der Waals surface area (Å²) >= 11 is 0. The molecule has 2 nitrogen and oxygen atoms in total. The molecule has 0 saturated carbocycles. The first kappa shape index (κ1) is 24.8. The summed E-state index contributed by atoms with van der Waals surface area (Å²) in [6.07, 6.45) is 0.750. The van der Waals surface area contributed by atoms with E-state index >= 15 is 0 Å². The van der Waals surface area contributed by atoms with Crippen LogP contribution in [0.2, 0.25) is 0 Å². The van der Waals surface area contributed by atoms with Crippen LogP contribution in [0.25, 0.3) is 11.1 Å². The minimum absolute atomic E-state index is 0.336. The molecule has 3 aromatic carbocycles. The third kappa shape index (κ3) is 5.08. The van der Waals surface area contributed by atoms with Crippen molar-refractivity contribution < 1.29 is 4.79 Å². The topological polar surface area (TPSA) is 20.3 Å². The van der Waals surface area contributed by atoms with Gasteiger partial charge in [0, 0.05) is 14.1 Å². The number of rotatable bonds is 5. The van der Waals surface area contributed by atoms with Gasteiger partial charge in [0.25, 0.3) is 0 Å². The Labute approximate surface area is 201 Å². The van der Waals surface area contributed by atoms with Crippen molar-refractivity contribution in [1.82, 2.24) is 4.90 Å². The van der Waals surface area contributed by atoms with Crippen LogP contribution in [0.4, 0.5) is 0 Å². The van der Waals surface area contributed by atoms with Crippen molar-refractivity contribution in [3.63, 3.8) is 0 Å². The molecule has 0 bridgehead atoms. The largest absolute Gasteiger partial charge is 0.351 e. The first-order chi connectivity index (χ1) is 15.7. The predicted octanol–water partition coefficient (Wildman–Crippen LogP) is 5.26. The number of fused-ring (bicyclic) bond motifs is 3. The standard InChI is InChI=1S/C27H31B.C3H7NO/c1-17(2)20-15-23(18(3)4)27(24(16-20)19(5)6)28-25-13-9-7-11-21(25)22-12-8-10-14-26(22)28;1-4(2)3-5/h7-19H,1-6H3;3H,1-2H3. The maximum atomic E-state index is 9.43. The Hall–Kier alpha value is -2.81. The van der Waals surface area contributed by atoms with Gasteiger partial charge in [-0.1, -0.05) is 119 Å². The molecular formula is C30H38BNO. The summed E-state index contributed by atoms with van der Waals surface area (Å²) in [6.45, 7) is 14.3. The van der Waals surface area contributed by atoms with Gasteiger partial charge in [-0.25, -0.2) is 0 Å². The van der Waals surface area contributed by atoms with Gasteiger partial charge >= 0.3 is 0 Å². The molecule has 0 radical (unpaired) electrons. The molecular weight excluding hydrogens is 401 g/mol. The predicted molar refractivity (Wildman–Crippen MR) is 145 cm³/mol. The van der Waals surface area contributed by atoms with E-state index in [2.05, 4.69) is 102 Å². The van der Waals surface area contributed by atoms with E-state index in [1.807, 2.05) is 0 Å². The number of benzene rings is 3. The zero-order chi connectivity index (χ0) is 24.3. The highest BCUT2D eigenvalue weighted by Crippen LogP contribution is 2.29. The summed E-state index contributed by atoms with van der Waals surface area (Å²) in [5.74, 6) is 1.56. The van der Waals surface area contributed by atoms with Gasteiger partial charge in [-0.3, -0.25) is 4.79 Å². The van der Waals surface area contributed by atoms with E-state index < -0.39 is 0 Å². The number of amides is 1. The molecule has 1 amide bonds. The van der Waals surface area contributed by atoms with E-state index in [1.54, 1.807) is 19.6 Å². The lowest BCUT2D eigenvalue weighted by molar-refractivity contribution is -0.115. The Balaban J connectivity index is 0.000000555. The zero-order valence-corrected chi connectivity index (χ0v) is 21.5. The quantitative estimate of drug-likeness (QED) is 0.307. The van der Waals surface area contributed by atoms with Gasteiger partial charge in [0.1, 0.15) is 0 Å². The van der Waals surface area contributed by atoms with Gasteiger partial charge in [-0.2, -0.15) is 0 Å². The molecule has 0 atom stereocenters. The normalized spacial score (nSPS) is 11.9. The highest BCUT2D eigenvalue weighted by atomic mass is 16.1. The van der Waals surface area contributed by atoms with Gasteiger partial charge in [0.2, 0.25) is 13.1 Å². The molecule has 4 rings (SSSR count). The molecule has 1 aliphatic heterocycles. The molecule has 1 aliphatic rings. The summed E-state index contributed by atoms with van der Waals surface area (Å²) in [5, 5.41) is 0. The van der Waals surface area contributed by atoms with Crippen LogP contribution >= 0.6 is 0 Å². The van der Waals surface area contributed by atoms with Crippen molar-refractivity contribution in [2.75, 3.05) is 14.1 Å². The molecule has 0 fully saturated rings. The molecule has 0 spiro atoms. The first-order valence-electron chi connectivity index (χ1n) is 12.1. The molecule has 1 heterocycles. The van der Waals surface area contributed by atoms with Crippen LogP contribution < -0.4 is 16.4 Å². The second-order valence-electron chi connectivity index (χ2n) is 10.3. The maximum absolute atomic E-state index is 9.43. The minimum Gasteiger partial charge on any atom is -0.351 e. The van der Waals surface area contributed by atoms with Crippen LogP contribution in [0.15, 0.2) is 60.7 Å². The highest BCUT2D eigenvalue weighted by Gasteiger charge is 2.36. The van der Waals surface area contributed by atoms with E-state index in [0.717, 1.165) is 6.41 Å². The van der Waals surface area contributed by atoms with Crippen LogP contribution in [-0.4, -0.2) is 32.1 Å². The fourth-order valence-corrected chi connectivity index (χ4v) is 4.81. The second kappa shape index (κ2) is 10.4. The average molecular weight is 439 g/mol. The lowest BCUT2D eigenvalue weighted by Gasteiger charge is -2.26. The SMILES string of the molecule is CC(C)c1cc(C(C)C)c(B2c3ccccc3-c3ccccc32)c(C(C)C)c1.CN(C)C=O. The van der Waals surface area contributed by atoms with E-state index in [4.69, 9.17) is 0 Å². The van der Waals surface area contributed by atoms with Crippen LogP contribution in [0.1, 0.15) is 76.0 Å². The lowest BCUT2D eigenvalue weighted by Crippen LogP contribution is -2.52. The fraction of sp³-hybridized carbons (Fsp3) is 0.367. The monoisotopic (exact) mass is 439 g/mol. The van der Waals surface area contributed by atoms with E-state index in [0.29, 0.717) is 24.5 Å². The van der Waals surface area contributed by atoms with Crippen LogP contribution in [0.5, 0.6) is 0 Å². The van der Waals surface area contributed by atoms with Crippen molar-refractivity contribution in [2.24, 2.45) is 0 Å². The van der Waals surface area contributed by atoms with Gasteiger partial charge in [-0.05, 0) is 45.6 Å². The minimum atomic E-state index is 0.336. The summed E-state index contributed by atoms with van der Waals surface area (Å²) in [4.78, 5) is 10.9. The molecule has 172 valence electrons. The number of hydrogen-bond donors (Lipinski definition) is 0. The molecule has 3 aromatic rings. The number of nitrogens with zero attached hydrogens (tertiary/aromatic N) is 1. The van der Waals surface area contributed by atoms with Crippen molar-refractivity contribution >= 4 is 29.5 Å². The Morgan fingerprint density at radius 1 is 0.697 bits per heavy atom. The molecule has 0 unspecified atom stereocenters. The van der Waals surface area contributed by atoms with E-state index in [9.17, 15) is 4.79 Å². The van der Waals surface area contributed by atoms with Gasteiger partial charge in [-0.15, -0.1) is 0 Å². The molecule has 3 heteroatoms. The van der Waals surface area contributed by atoms with Crippen molar-refractivity contribution in [3.8, 4) is 11.1 Å². The molecule has 0 aromatic heterocycles. The summed E-state index contributed by atoms with van der Waals surface area (Å²) in [5.41, 5.74) is 11.8. The summed E-state index contributed by atoms with van der Waals surface area (Å²) in [6, 6.07) is 23.0. The third-order valence-corrected chi connectivity index (χ3v) is 6.51. The van der Waals surface area contributed by atoms with E-state index in [1.165, 1.54) is 43.6 Å². The van der Waals surface area contributed by atoms with Crippen LogP contribution in [0.3, 0.4) is 0 Å². The molecule has 33 heavy (non-hydrogen) atoms. The first-order valence-corrected chi connectivity index (χ1v) is 12.1. The number of hydrogen-bond acceptors (Lipinski definition) is 1. The zero-order valence-electron chi connectivity index (χ0n) is 21.5.